The van der Waals surface area contributed by atoms with E-state index in [0.29, 0.717) is 25.0 Å². The van der Waals surface area contributed by atoms with E-state index in [1.807, 2.05) is 0 Å². The second kappa shape index (κ2) is 11.5. The van der Waals surface area contributed by atoms with E-state index in [-0.39, 0.29) is 0 Å². The van der Waals surface area contributed by atoms with E-state index >= 15 is 0 Å². The van der Waals surface area contributed by atoms with Gasteiger partial charge in [0, 0.05) is 6.04 Å². The molecule has 0 heterocycles. The third kappa shape index (κ3) is 6.94. The van der Waals surface area contributed by atoms with Gasteiger partial charge in [0.2, 0.25) is 0 Å². The zero-order chi connectivity index (χ0) is 19.5. The number of isothiocyanates is 3. The first kappa shape index (κ1) is 21.9. The van der Waals surface area contributed by atoms with Gasteiger partial charge in [-0.15, -0.1) is 0 Å². The van der Waals surface area contributed by atoms with Crippen molar-refractivity contribution >= 4 is 60.7 Å². The highest BCUT2D eigenvalue weighted by molar-refractivity contribution is 7.78. The quantitative estimate of drug-likeness (QED) is 0.207. The molecule has 0 bridgehead atoms. The average Bonchev–Trinajstić information content (AvgIpc) is 2.67. The number of nitrogens with zero attached hydrogens (tertiary/aromatic N) is 3. The SMILES string of the molecule is CC1CCC(c2ccc(OCCC[Si](N=C=S)(N=C=S)N=C=S)cc2)CC1. The van der Waals surface area contributed by atoms with Gasteiger partial charge in [0.25, 0.3) is 0 Å². The smallest absolute Gasteiger partial charge is 0.461 e. The second-order valence-corrected chi connectivity index (χ2v) is 10.1. The maximum Gasteiger partial charge on any atom is 0.461 e. The molecule has 0 amide bonds. The molecular formula is C19H23N3OS3Si. The molecule has 1 aliphatic rings. The van der Waals surface area contributed by atoms with Crippen molar-refractivity contribution in [2.75, 3.05) is 6.61 Å². The largest absolute Gasteiger partial charge is 0.494 e. The van der Waals surface area contributed by atoms with Crippen molar-refractivity contribution in [2.24, 2.45) is 19.9 Å². The predicted octanol–water partition coefficient (Wildman–Crippen LogP) is 6.00. The van der Waals surface area contributed by atoms with Crippen LogP contribution in [-0.2, 0) is 0 Å². The molecule has 0 aliphatic heterocycles. The van der Waals surface area contributed by atoms with E-state index in [2.05, 4.69) is 60.6 Å². The Morgan fingerprint density at radius 3 is 2.04 bits per heavy atom. The van der Waals surface area contributed by atoms with E-state index < -0.39 is 8.56 Å². The predicted molar refractivity (Wildman–Crippen MR) is 123 cm³/mol. The van der Waals surface area contributed by atoms with E-state index in [1.54, 1.807) is 0 Å². The number of rotatable bonds is 9. The van der Waals surface area contributed by atoms with Crippen LogP contribution in [-0.4, -0.2) is 30.6 Å². The molecule has 142 valence electrons. The fourth-order valence-corrected chi connectivity index (χ4v) is 6.25. The van der Waals surface area contributed by atoms with Crippen molar-refractivity contribution in [3.63, 3.8) is 0 Å². The Morgan fingerprint density at radius 2 is 1.52 bits per heavy atom. The lowest BCUT2D eigenvalue weighted by Gasteiger charge is -2.26. The van der Waals surface area contributed by atoms with Gasteiger partial charge in [0.05, 0.1) is 22.1 Å². The first-order valence-corrected chi connectivity index (χ1v) is 12.4. The molecule has 0 atom stereocenters. The molecule has 1 aromatic rings. The van der Waals surface area contributed by atoms with Gasteiger partial charge in [0.1, 0.15) is 5.75 Å². The normalized spacial score (nSPS) is 20.9. The van der Waals surface area contributed by atoms with Crippen molar-refractivity contribution in [3.05, 3.63) is 29.8 Å². The molecule has 27 heavy (non-hydrogen) atoms. The number of hydrogen-bond donors (Lipinski definition) is 0. The molecule has 4 nitrogen and oxygen atoms in total. The van der Waals surface area contributed by atoms with Crippen molar-refractivity contribution in [1.29, 1.82) is 0 Å². The molecule has 1 saturated carbocycles. The molecule has 2 rings (SSSR count). The monoisotopic (exact) mass is 433 g/mol. The highest BCUT2D eigenvalue weighted by Crippen LogP contribution is 2.35. The lowest BCUT2D eigenvalue weighted by Crippen LogP contribution is -2.28. The van der Waals surface area contributed by atoms with Gasteiger partial charge in [-0.25, -0.2) is 14.0 Å². The third-order valence-electron chi connectivity index (χ3n) is 4.97. The van der Waals surface area contributed by atoms with Crippen LogP contribution in [0.5, 0.6) is 5.75 Å². The van der Waals surface area contributed by atoms with Crippen molar-refractivity contribution in [2.45, 2.75) is 51.0 Å². The first-order valence-electron chi connectivity index (χ1n) is 9.12. The summed E-state index contributed by atoms with van der Waals surface area (Å²) in [5.74, 6) is 2.42. The molecule has 0 saturated heterocycles. The van der Waals surface area contributed by atoms with E-state index in [1.165, 1.54) is 31.2 Å². The Kier molecular flexibility index (Phi) is 9.32. The molecule has 8 heteroatoms. The van der Waals surface area contributed by atoms with Gasteiger partial charge in [0.15, 0.2) is 0 Å². The zero-order valence-electron chi connectivity index (χ0n) is 15.4. The Bertz CT molecular complexity index is 713. The molecule has 0 N–H and O–H groups in total. The highest BCUT2D eigenvalue weighted by atomic mass is 32.1. The molecular weight excluding hydrogens is 411 g/mol. The van der Waals surface area contributed by atoms with E-state index in [4.69, 9.17) is 41.4 Å². The first-order chi connectivity index (χ1) is 13.1. The van der Waals surface area contributed by atoms with Crippen LogP contribution in [0.1, 0.15) is 50.5 Å². The van der Waals surface area contributed by atoms with Crippen LogP contribution in [0.4, 0.5) is 0 Å². The molecule has 1 fully saturated rings. The molecule has 0 spiro atoms. The number of thiocarbonyl (C=S) groups is 3. The summed E-state index contributed by atoms with van der Waals surface area (Å²) >= 11 is 14.1. The topological polar surface area (TPSA) is 46.3 Å². The van der Waals surface area contributed by atoms with Crippen molar-refractivity contribution < 1.29 is 4.74 Å². The summed E-state index contributed by atoms with van der Waals surface area (Å²) in [5.41, 5.74) is 1.42. The van der Waals surface area contributed by atoms with Crippen LogP contribution in [0.25, 0.3) is 0 Å². The standard InChI is InChI=1S/C19H23N3OS3Si/c1-16-3-5-17(6-4-16)18-7-9-19(10-8-18)23-11-2-12-27(20-13-24,21-14-25)22-15-26/h7-10,16-17H,2-6,11-12H2,1H3. The van der Waals surface area contributed by atoms with Gasteiger partial charge in [-0.05, 0) is 85.4 Å². The van der Waals surface area contributed by atoms with Crippen molar-refractivity contribution in [3.8, 4) is 5.75 Å². The summed E-state index contributed by atoms with van der Waals surface area (Å²) in [7, 11) is -2.82. The third-order valence-corrected chi connectivity index (χ3v) is 8.16. The summed E-state index contributed by atoms with van der Waals surface area (Å²) in [4.78, 5) is 0. The molecule has 1 aliphatic carbocycles. The lowest BCUT2D eigenvalue weighted by molar-refractivity contribution is 0.316. The summed E-state index contributed by atoms with van der Waals surface area (Å²) < 4.78 is 18.2. The molecule has 0 unspecified atom stereocenters. The summed E-state index contributed by atoms with van der Waals surface area (Å²) in [6, 6.07) is 9.06. The van der Waals surface area contributed by atoms with Gasteiger partial charge in [-0.2, -0.15) is 0 Å². The van der Waals surface area contributed by atoms with Crippen LogP contribution in [0.3, 0.4) is 0 Å². The Morgan fingerprint density at radius 1 is 0.963 bits per heavy atom. The second-order valence-electron chi connectivity index (χ2n) is 6.86. The molecule has 1 aromatic carbocycles. The van der Waals surface area contributed by atoms with Gasteiger partial charge >= 0.3 is 8.56 Å². The maximum absolute atomic E-state index is 5.85. The molecule has 0 radical (unpaired) electrons. The van der Waals surface area contributed by atoms with Crippen molar-refractivity contribution in [1.82, 2.24) is 0 Å². The van der Waals surface area contributed by atoms with Crippen LogP contribution < -0.4 is 4.74 Å². The average molecular weight is 434 g/mol. The van der Waals surface area contributed by atoms with Gasteiger partial charge < -0.3 is 4.74 Å². The number of benzene rings is 1. The van der Waals surface area contributed by atoms with Crippen LogP contribution in [0.2, 0.25) is 6.04 Å². The fourth-order valence-electron chi connectivity index (χ4n) is 3.39. The summed E-state index contributed by atoms with van der Waals surface area (Å²) in [6.07, 6.45) is 5.93. The number of hydrogen-bond acceptors (Lipinski definition) is 7. The number of ether oxygens (including phenoxy) is 1. The summed E-state index contributed by atoms with van der Waals surface area (Å²) in [5, 5.41) is 7.04. The van der Waals surface area contributed by atoms with Gasteiger partial charge in [-0.3, -0.25) is 0 Å². The molecule has 0 aromatic heterocycles. The minimum Gasteiger partial charge on any atom is -0.494 e. The van der Waals surface area contributed by atoms with Gasteiger partial charge in [-0.1, -0.05) is 31.9 Å². The van der Waals surface area contributed by atoms with Crippen LogP contribution >= 0.6 is 36.7 Å². The maximum atomic E-state index is 5.85. The Hall–Kier alpha value is -1.36. The Balaban J connectivity index is 1.86. The van der Waals surface area contributed by atoms with E-state index in [9.17, 15) is 0 Å². The lowest BCUT2D eigenvalue weighted by atomic mass is 9.79. The Labute approximate surface area is 178 Å². The van der Waals surface area contributed by atoms with Crippen LogP contribution in [0.15, 0.2) is 38.2 Å². The zero-order valence-corrected chi connectivity index (χ0v) is 18.8. The minimum atomic E-state index is -2.82. The minimum absolute atomic E-state index is 0.530. The summed E-state index contributed by atoms with van der Waals surface area (Å²) in [6.45, 7) is 2.88. The highest BCUT2D eigenvalue weighted by Gasteiger charge is 2.33. The van der Waals surface area contributed by atoms with Crippen LogP contribution in [0, 0.1) is 5.92 Å². The fraction of sp³-hybridized carbons (Fsp3) is 0.526. The van der Waals surface area contributed by atoms with E-state index in [0.717, 1.165) is 11.7 Å².